The van der Waals surface area contributed by atoms with Gasteiger partial charge < -0.3 is 5.32 Å². The highest BCUT2D eigenvalue weighted by atomic mass is 16.1. The van der Waals surface area contributed by atoms with Gasteiger partial charge in [0.2, 0.25) is 0 Å². The number of pyridine rings is 1. The zero-order valence-corrected chi connectivity index (χ0v) is 9.45. The molecule has 1 amide bonds. The van der Waals surface area contributed by atoms with Crippen LogP contribution >= 0.6 is 0 Å². The summed E-state index contributed by atoms with van der Waals surface area (Å²) in [5, 5.41) is 3.76. The van der Waals surface area contributed by atoms with E-state index in [0.29, 0.717) is 12.1 Å². The van der Waals surface area contributed by atoms with E-state index in [4.69, 9.17) is 0 Å². The molecule has 0 aliphatic rings. The van der Waals surface area contributed by atoms with Gasteiger partial charge in [-0.2, -0.15) is 0 Å². The second kappa shape index (κ2) is 4.31. The number of nitrogens with zero attached hydrogens (tertiary/aromatic N) is 1. The van der Waals surface area contributed by atoms with Crippen molar-refractivity contribution < 1.29 is 4.79 Å². The minimum Gasteiger partial charge on any atom is -0.352 e. The third kappa shape index (κ3) is 1.76. The highest BCUT2D eigenvalue weighted by molar-refractivity contribution is 6.07. The Morgan fingerprint density at radius 2 is 2.19 bits per heavy atom. The van der Waals surface area contributed by atoms with Crippen LogP contribution in [0.1, 0.15) is 22.8 Å². The molecular weight excluding hydrogens is 200 g/mol. The SMILES string of the molecule is CCNC(=O)c1ccnc2cccc(C)c12. The third-order valence-corrected chi connectivity index (χ3v) is 2.56. The van der Waals surface area contributed by atoms with Crippen LogP contribution in [0.4, 0.5) is 0 Å². The number of aromatic nitrogens is 1. The predicted molar refractivity (Wildman–Crippen MR) is 64.5 cm³/mol. The lowest BCUT2D eigenvalue weighted by Gasteiger charge is -2.08. The van der Waals surface area contributed by atoms with Crippen LogP contribution in [0.25, 0.3) is 10.9 Å². The Labute approximate surface area is 94.5 Å². The normalized spacial score (nSPS) is 10.4. The molecule has 3 heteroatoms. The molecule has 0 unspecified atom stereocenters. The summed E-state index contributed by atoms with van der Waals surface area (Å²) >= 11 is 0. The van der Waals surface area contributed by atoms with Crippen LogP contribution < -0.4 is 5.32 Å². The van der Waals surface area contributed by atoms with Gasteiger partial charge in [0.1, 0.15) is 0 Å². The molecule has 0 fully saturated rings. The Kier molecular flexibility index (Phi) is 2.86. The number of hydrogen-bond acceptors (Lipinski definition) is 2. The maximum atomic E-state index is 11.9. The van der Waals surface area contributed by atoms with Crippen LogP contribution in [-0.4, -0.2) is 17.4 Å². The van der Waals surface area contributed by atoms with Crippen LogP contribution in [0.15, 0.2) is 30.5 Å². The summed E-state index contributed by atoms with van der Waals surface area (Å²) in [6.07, 6.45) is 1.67. The van der Waals surface area contributed by atoms with E-state index in [9.17, 15) is 4.79 Å². The van der Waals surface area contributed by atoms with Crippen LogP contribution in [0.2, 0.25) is 0 Å². The summed E-state index contributed by atoms with van der Waals surface area (Å²) in [6, 6.07) is 7.63. The fourth-order valence-corrected chi connectivity index (χ4v) is 1.83. The van der Waals surface area contributed by atoms with Crippen molar-refractivity contribution >= 4 is 16.8 Å². The maximum absolute atomic E-state index is 11.9. The number of benzene rings is 1. The minimum absolute atomic E-state index is 0.0378. The molecule has 0 atom stereocenters. The van der Waals surface area contributed by atoms with Gasteiger partial charge in [0, 0.05) is 18.1 Å². The number of amides is 1. The Bertz CT molecular complexity index is 529. The first-order chi connectivity index (χ1) is 7.74. The van der Waals surface area contributed by atoms with Gasteiger partial charge in [-0.1, -0.05) is 12.1 Å². The number of nitrogens with one attached hydrogen (secondary N) is 1. The van der Waals surface area contributed by atoms with Gasteiger partial charge in [0.05, 0.1) is 11.1 Å². The number of carbonyl (C=O) groups is 1. The van der Waals surface area contributed by atoms with Crippen molar-refractivity contribution in [3.8, 4) is 0 Å². The number of fused-ring (bicyclic) bond motifs is 1. The predicted octanol–water partition coefficient (Wildman–Crippen LogP) is 2.29. The van der Waals surface area contributed by atoms with Crippen molar-refractivity contribution in [2.75, 3.05) is 6.54 Å². The Hall–Kier alpha value is -1.90. The summed E-state index contributed by atoms with van der Waals surface area (Å²) in [5.74, 6) is -0.0378. The molecule has 2 rings (SSSR count). The molecule has 2 aromatic rings. The van der Waals surface area contributed by atoms with E-state index in [1.165, 1.54) is 0 Å². The summed E-state index contributed by atoms with van der Waals surface area (Å²) in [7, 11) is 0. The molecule has 16 heavy (non-hydrogen) atoms. The molecule has 0 aliphatic heterocycles. The van der Waals surface area contributed by atoms with Gasteiger partial charge in [0.25, 0.3) is 5.91 Å². The monoisotopic (exact) mass is 214 g/mol. The molecule has 3 nitrogen and oxygen atoms in total. The van der Waals surface area contributed by atoms with Crippen LogP contribution in [0, 0.1) is 6.92 Å². The molecule has 1 aromatic carbocycles. The summed E-state index contributed by atoms with van der Waals surface area (Å²) < 4.78 is 0. The molecular formula is C13H14N2O. The zero-order chi connectivity index (χ0) is 11.5. The van der Waals surface area contributed by atoms with Gasteiger partial charge >= 0.3 is 0 Å². The largest absolute Gasteiger partial charge is 0.352 e. The van der Waals surface area contributed by atoms with Crippen molar-refractivity contribution in [3.63, 3.8) is 0 Å². The second-order valence-corrected chi connectivity index (χ2v) is 3.69. The molecule has 1 N–H and O–H groups in total. The summed E-state index contributed by atoms with van der Waals surface area (Å²) in [5.41, 5.74) is 2.64. The Morgan fingerprint density at radius 3 is 2.94 bits per heavy atom. The van der Waals surface area contributed by atoms with E-state index in [0.717, 1.165) is 16.5 Å². The lowest BCUT2D eigenvalue weighted by atomic mass is 10.0. The van der Waals surface area contributed by atoms with Crippen molar-refractivity contribution in [2.24, 2.45) is 0 Å². The Balaban J connectivity index is 2.65. The zero-order valence-electron chi connectivity index (χ0n) is 9.45. The maximum Gasteiger partial charge on any atom is 0.252 e. The molecule has 0 saturated heterocycles. The lowest BCUT2D eigenvalue weighted by Crippen LogP contribution is -2.23. The van der Waals surface area contributed by atoms with E-state index in [1.807, 2.05) is 32.0 Å². The highest BCUT2D eigenvalue weighted by Crippen LogP contribution is 2.20. The fraction of sp³-hybridized carbons (Fsp3) is 0.231. The van der Waals surface area contributed by atoms with Crippen molar-refractivity contribution in [1.29, 1.82) is 0 Å². The standard InChI is InChI=1S/C13H14N2O/c1-3-14-13(16)10-7-8-15-11-6-4-5-9(2)12(10)11/h4-8H,3H2,1-2H3,(H,14,16). The first kappa shape index (κ1) is 10.6. The molecule has 1 heterocycles. The molecule has 0 bridgehead atoms. The van der Waals surface area contributed by atoms with E-state index >= 15 is 0 Å². The van der Waals surface area contributed by atoms with E-state index < -0.39 is 0 Å². The van der Waals surface area contributed by atoms with Gasteiger partial charge in [-0.25, -0.2) is 0 Å². The summed E-state index contributed by atoms with van der Waals surface area (Å²) in [4.78, 5) is 16.1. The topological polar surface area (TPSA) is 42.0 Å². The molecule has 0 spiro atoms. The first-order valence-electron chi connectivity index (χ1n) is 5.36. The van der Waals surface area contributed by atoms with E-state index in [1.54, 1.807) is 12.3 Å². The van der Waals surface area contributed by atoms with Gasteiger partial charge in [-0.05, 0) is 31.5 Å². The quantitative estimate of drug-likeness (QED) is 0.833. The van der Waals surface area contributed by atoms with Crippen molar-refractivity contribution in [1.82, 2.24) is 10.3 Å². The number of rotatable bonds is 2. The van der Waals surface area contributed by atoms with Gasteiger partial charge in [-0.15, -0.1) is 0 Å². The van der Waals surface area contributed by atoms with E-state index in [-0.39, 0.29) is 5.91 Å². The second-order valence-electron chi connectivity index (χ2n) is 3.69. The number of carbonyl (C=O) groups excluding carboxylic acids is 1. The van der Waals surface area contributed by atoms with Crippen LogP contribution in [0.5, 0.6) is 0 Å². The van der Waals surface area contributed by atoms with Gasteiger partial charge in [0.15, 0.2) is 0 Å². The summed E-state index contributed by atoms with van der Waals surface area (Å²) in [6.45, 7) is 4.54. The molecule has 0 saturated carbocycles. The lowest BCUT2D eigenvalue weighted by molar-refractivity contribution is 0.0957. The fourth-order valence-electron chi connectivity index (χ4n) is 1.83. The van der Waals surface area contributed by atoms with Crippen molar-refractivity contribution in [3.05, 3.63) is 41.6 Å². The molecule has 0 radical (unpaired) electrons. The molecule has 0 aliphatic carbocycles. The van der Waals surface area contributed by atoms with Crippen molar-refractivity contribution in [2.45, 2.75) is 13.8 Å². The van der Waals surface area contributed by atoms with E-state index in [2.05, 4.69) is 10.3 Å². The van der Waals surface area contributed by atoms with Crippen LogP contribution in [-0.2, 0) is 0 Å². The first-order valence-corrected chi connectivity index (χ1v) is 5.36. The minimum atomic E-state index is -0.0378. The average Bonchev–Trinajstić information content (AvgIpc) is 2.29. The molecule has 1 aromatic heterocycles. The third-order valence-electron chi connectivity index (χ3n) is 2.56. The highest BCUT2D eigenvalue weighted by Gasteiger charge is 2.10. The Morgan fingerprint density at radius 1 is 1.38 bits per heavy atom. The smallest absolute Gasteiger partial charge is 0.252 e. The number of aryl methyl sites for hydroxylation is 1. The molecule has 82 valence electrons. The van der Waals surface area contributed by atoms with Crippen LogP contribution in [0.3, 0.4) is 0 Å². The van der Waals surface area contributed by atoms with Gasteiger partial charge in [-0.3, -0.25) is 9.78 Å². The number of hydrogen-bond donors (Lipinski definition) is 1. The average molecular weight is 214 g/mol.